The van der Waals surface area contributed by atoms with Gasteiger partial charge < -0.3 is 4.74 Å². The van der Waals surface area contributed by atoms with E-state index in [1.165, 1.54) is 68.1 Å². The fraction of sp³-hybridized carbons (Fsp3) is 0.583. The van der Waals surface area contributed by atoms with Gasteiger partial charge in [-0.2, -0.15) is 0 Å². The summed E-state index contributed by atoms with van der Waals surface area (Å²) in [5.74, 6) is 0.705. The number of aryl methyl sites for hydroxylation is 1. The van der Waals surface area contributed by atoms with E-state index in [0.29, 0.717) is 5.92 Å². The molecule has 1 aliphatic rings. The van der Waals surface area contributed by atoms with Crippen molar-refractivity contribution in [1.29, 1.82) is 0 Å². The van der Waals surface area contributed by atoms with E-state index in [4.69, 9.17) is 4.74 Å². The molecule has 0 bridgehead atoms. The third-order valence-electron chi connectivity index (χ3n) is 5.21. The van der Waals surface area contributed by atoms with E-state index >= 15 is 0 Å². The summed E-state index contributed by atoms with van der Waals surface area (Å²) in [4.78, 5) is 0. The molecule has 0 fully saturated rings. The lowest BCUT2D eigenvalue weighted by atomic mass is 9.86. The van der Waals surface area contributed by atoms with Crippen molar-refractivity contribution in [3.8, 4) is 0 Å². The number of rotatable bonds is 12. The molecule has 0 N–H and O–H groups in total. The Kier molecular flexibility index (Phi) is 9.66. The molecular weight excluding hydrogens is 304 g/mol. The summed E-state index contributed by atoms with van der Waals surface area (Å²) in [6, 6.07) is 9.29. The maximum atomic E-state index is 5.86. The van der Waals surface area contributed by atoms with Crippen LogP contribution in [0, 0.1) is 5.92 Å². The molecule has 138 valence electrons. The summed E-state index contributed by atoms with van der Waals surface area (Å²) in [6.07, 6.45) is 16.7. The molecule has 0 saturated heterocycles. The van der Waals surface area contributed by atoms with Crippen LogP contribution in [0.5, 0.6) is 0 Å². The van der Waals surface area contributed by atoms with Gasteiger partial charge in [-0.3, -0.25) is 0 Å². The molecule has 25 heavy (non-hydrogen) atoms. The van der Waals surface area contributed by atoms with Crippen molar-refractivity contribution in [3.05, 3.63) is 54.1 Å². The first-order chi connectivity index (χ1) is 12.3. The fourth-order valence-corrected chi connectivity index (χ4v) is 3.51. The van der Waals surface area contributed by atoms with Crippen molar-refractivity contribution in [3.63, 3.8) is 0 Å². The van der Waals surface area contributed by atoms with Crippen molar-refractivity contribution in [2.24, 2.45) is 5.92 Å². The summed E-state index contributed by atoms with van der Waals surface area (Å²) < 4.78 is 5.86. The molecule has 0 saturated carbocycles. The standard InChI is InChI=1S/C24H36O/c1-3-5-7-9-19-25-20-22-13-17-24(18-14-22)23-15-11-21(12-16-23)10-8-6-4-2/h3,11-12,15-17,22H,1,4-10,13-14,18-20H2,2H3. The van der Waals surface area contributed by atoms with Crippen molar-refractivity contribution in [1.82, 2.24) is 0 Å². The van der Waals surface area contributed by atoms with Crippen LogP contribution in [0.15, 0.2) is 43.0 Å². The average molecular weight is 341 g/mol. The molecule has 0 amide bonds. The maximum absolute atomic E-state index is 5.86. The Bertz CT molecular complexity index is 511. The topological polar surface area (TPSA) is 9.23 Å². The predicted molar refractivity (Wildman–Crippen MR) is 110 cm³/mol. The normalized spacial score (nSPS) is 17.3. The second-order valence-corrected chi connectivity index (χ2v) is 7.38. The fourth-order valence-electron chi connectivity index (χ4n) is 3.51. The molecule has 1 atom stereocenters. The molecule has 0 aromatic heterocycles. The number of hydrogen-bond acceptors (Lipinski definition) is 1. The number of benzene rings is 1. The Hall–Kier alpha value is -1.34. The van der Waals surface area contributed by atoms with Crippen LogP contribution in [0.3, 0.4) is 0 Å². The lowest BCUT2D eigenvalue weighted by Gasteiger charge is -2.22. The number of allylic oxidation sites excluding steroid dienone is 3. The lowest BCUT2D eigenvalue weighted by Crippen LogP contribution is -2.13. The highest BCUT2D eigenvalue weighted by molar-refractivity contribution is 5.66. The Balaban J connectivity index is 1.70. The zero-order valence-electron chi connectivity index (χ0n) is 16.1. The molecule has 0 aliphatic heterocycles. The van der Waals surface area contributed by atoms with Crippen LogP contribution in [0.2, 0.25) is 0 Å². The van der Waals surface area contributed by atoms with Gasteiger partial charge in [0, 0.05) is 13.2 Å². The van der Waals surface area contributed by atoms with Gasteiger partial charge in [0.15, 0.2) is 0 Å². The first-order valence-electron chi connectivity index (χ1n) is 10.3. The van der Waals surface area contributed by atoms with Gasteiger partial charge in [0.25, 0.3) is 0 Å². The van der Waals surface area contributed by atoms with Gasteiger partial charge in [0.1, 0.15) is 0 Å². The van der Waals surface area contributed by atoms with Crippen molar-refractivity contribution in [2.45, 2.75) is 71.1 Å². The second-order valence-electron chi connectivity index (χ2n) is 7.38. The van der Waals surface area contributed by atoms with Gasteiger partial charge >= 0.3 is 0 Å². The van der Waals surface area contributed by atoms with Crippen LogP contribution in [0.1, 0.15) is 75.8 Å². The third-order valence-corrected chi connectivity index (χ3v) is 5.21. The van der Waals surface area contributed by atoms with E-state index in [1.54, 1.807) is 0 Å². The van der Waals surface area contributed by atoms with Crippen molar-refractivity contribution in [2.75, 3.05) is 13.2 Å². The molecule has 0 radical (unpaired) electrons. The van der Waals surface area contributed by atoms with Gasteiger partial charge in [-0.25, -0.2) is 0 Å². The van der Waals surface area contributed by atoms with E-state index in [9.17, 15) is 0 Å². The molecule has 1 aromatic rings. The van der Waals surface area contributed by atoms with Crippen LogP contribution in [0.25, 0.3) is 5.57 Å². The lowest BCUT2D eigenvalue weighted by molar-refractivity contribution is 0.0937. The Labute approximate surface area is 155 Å². The molecule has 1 heteroatoms. The van der Waals surface area contributed by atoms with E-state index in [-0.39, 0.29) is 0 Å². The minimum Gasteiger partial charge on any atom is -0.381 e. The third kappa shape index (κ3) is 7.61. The molecule has 1 aromatic carbocycles. The highest BCUT2D eigenvalue weighted by Gasteiger charge is 2.15. The van der Waals surface area contributed by atoms with Crippen LogP contribution >= 0.6 is 0 Å². The minimum absolute atomic E-state index is 0.705. The van der Waals surface area contributed by atoms with E-state index in [0.717, 1.165) is 26.1 Å². The monoisotopic (exact) mass is 340 g/mol. The number of ether oxygens (including phenoxy) is 1. The van der Waals surface area contributed by atoms with Crippen LogP contribution < -0.4 is 0 Å². The van der Waals surface area contributed by atoms with E-state index < -0.39 is 0 Å². The quantitative estimate of drug-likeness (QED) is 0.295. The molecule has 0 heterocycles. The average Bonchev–Trinajstić information content (AvgIpc) is 2.66. The highest BCUT2D eigenvalue weighted by Crippen LogP contribution is 2.30. The van der Waals surface area contributed by atoms with E-state index in [2.05, 4.69) is 43.8 Å². The van der Waals surface area contributed by atoms with Gasteiger partial charge in [0.05, 0.1) is 0 Å². The molecule has 2 rings (SSSR count). The van der Waals surface area contributed by atoms with Gasteiger partial charge in [-0.1, -0.05) is 56.2 Å². The SMILES string of the molecule is C=CCCCCOCC1CC=C(c2ccc(CCCCC)cc2)CC1. The summed E-state index contributed by atoms with van der Waals surface area (Å²) in [5.41, 5.74) is 4.43. The molecule has 1 aliphatic carbocycles. The van der Waals surface area contributed by atoms with Gasteiger partial charge in [0.2, 0.25) is 0 Å². The Morgan fingerprint density at radius 1 is 1.12 bits per heavy atom. The zero-order chi connectivity index (χ0) is 17.7. The highest BCUT2D eigenvalue weighted by atomic mass is 16.5. The Morgan fingerprint density at radius 2 is 1.96 bits per heavy atom. The van der Waals surface area contributed by atoms with Crippen LogP contribution in [0.4, 0.5) is 0 Å². The van der Waals surface area contributed by atoms with E-state index in [1.807, 2.05) is 6.08 Å². The summed E-state index contributed by atoms with van der Waals surface area (Å²) >= 11 is 0. The van der Waals surface area contributed by atoms with Gasteiger partial charge in [-0.05, 0) is 74.0 Å². The summed E-state index contributed by atoms with van der Waals surface area (Å²) in [6.45, 7) is 7.85. The number of unbranched alkanes of at least 4 members (excludes halogenated alkanes) is 4. The smallest absolute Gasteiger partial charge is 0.0497 e. The minimum atomic E-state index is 0.705. The van der Waals surface area contributed by atoms with Gasteiger partial charge in [-0.15, -0.1) is 6.58 Å². The van der Waals surface area contributed by atoms with Crippen LogP contribution in [-0.4, -0.2) is 13.2 Å². The summed E-state index contributed by atoms with van der Waals surface area (Å²) in [7, 11) is 0. The largest absolute Gasteiger partial charge is 0.381 e. The van der Waals surface area contributed by atoms with Crippen molar-refractivity contribution < 1.29 is 4.74 Å². The first-order valence-corrected chi connectivity index (χ1v) is 10.3. The second kappa shape index (κ2) is 12.1. The molecule has 1 nitrogen and oxygen atoms in total. The molecule has 0 spiro atoms. The predicted octanol–water partition coefficient (Wildman–Crippen LogP) is 6.98. The molecule has 1 unspecified atom stereocenters. The summed E-state index contributed by atoms with van der Waals surface area (Å²) in [5, 5.41) is 0. The first kappa shape index (κ1) is 20.0. The molecular formula is C24H36O. The zero-order valence-corrected chi connectivity index (χ0v) is 16.1. The number of hydrogen-bond donors (Lipinski definition) is 0. The van der Waals surface area contributed by atoms with Crippen molar-refractivity contribution >= 4 is 5.57 Å². The Morgan fingerprint density at radius 3 is 2.64 bits per heavy atom. The maximum Gasteiger partial charge on any atom is 0.0497 e. The van der Waals surface area contributed by atoms with Crippen LogP contribution in [-0.2, 0) is 11.2 Å².